The minimum atomic E-state index is -0.932. The fourth-order valence-corrected chi connectivity index (χ4v) is 4.51. The highest BCUT2D eigenvalue weighted by Gasteiger charge is 2.60. The molecule has 3 aromatic carbocycles. The van der Waals surface area contributed by atoms with Gasteiger partial charge < -0.3 is 4.74 Å². The summed E-state index contributed by atoms with van der Waals surface area (Å²) in [5, 5.41) is 2.20. The maximum atomic E-state index is 13.6. The first-order valence-electron chi connectivity index (χ1n) is 10.5. The Balaban J connectivity index is 1.61. The molecule has 0 aromatic heterocycles. The smallest absolute Gasteiger partial charge is 0.266 e. The molecular weight excluding hydrogens is 428 g/mol. The summed E-state index contributed by atoms with van der Waals surface area (Å²) in [5.74, 6) is -0.757. The number of benzene rings is 3. The van der Waals surface area contributed by atoms with Crippen LogP contribution in [0.1, 0.15) is 18.5 Å². The standard InChI is InChI=1S/C25H21ClN2O4/c1-2-31-20-11-7-6-10-19(20)22-21-23(32-28(22)18-8-4-3-5-9-18)25(30)27(24(21)29)17-14-12-16(26)13-15-17/h3-15,21-23H,2H2,1H3/t21-,22+,23+/m1/s1. The second-order valence-corrected chi connectivity index (χ2v) is 8.05. The summed E-state index contributed by atoms with van der Waals surface area (Å²) in [7, 11) is 0. The molecule has 0 bridgehead atoms. The van der Waals surface area contributed by atoms with Gasteiger partial charge in [-0.05, 0) is 49.4 Å². The number of para-hydroxylation sites is 2. The normalized spacial score (nSPS) is 22.4. The van der Waals surface area contributed by atoms with E-state index in [1.54, 1.807) is 29.3 Å². The maximum absolute atomic E-state index is 13.6. The number of ether oxygens (including phenoxy) is 1. The van der Waals surface area contributed by atoms with Gasteiger partial charge in [-0.25, -0.2) is 9.96 Å². The Labute approximate surface area is 190 Å². The number of hydrogen-bond acceptors (Lipinski definition) is 5. The number of nitrogens with zero attached hydrogens (tertiary/aromatic N) is 2. The van der Waals surface area contributed by atoms with Gasteiger partial charge in [-0.2, -0.15) is 0 Å². The number of carbonyl (C=O) groups excluding carboxylic acids is 2. The lowest BCUT2D eigenvalue weighted by Gasteiger charge is -2.29. The van der Waals surface area contributed by atoms with E-state index in [0.29, 0.717) is 23.1 Å². The van der Waals surface area contributed by atoms with Gasteiger partial charge in [-0.15, -0.1) is 0 Å². The predicted molar refractivity (Wildman–Crippen MR) is 122 cm³/mol. The quantitative estimate of drug-likeness (QED) is 0.525. The largest absolute Gasteiger partial charge is 0.494 e. The third-order valence-corrected chi connectivity index (χ3v) is 6.00. The van der Waals surface area contributed by atoms with Crippen molar-refractivity contribution >= 4 is 34.8 Å². The summed E-state index contributed by atoms with van der Waals surface area (Å²) in [6.07, 6.45) is -0.932. The molecule has 32 heavy (non-hydrogen) atoms. The van der Waals surface area contributed by atoms with Crippen molar-refractivity contribution in [2.24, 2.45) is 5.92 Å². The van der Waals surface area contributed by atoms with Gasteiger partial charge in [0, 0.05) is 10.6 Å². The van der Waals surface area contributed by atoms with Gasteiger partial charge in [0.25, 0.3) is 5.91 Å². The predicted octanol–water partition coefficient (Wildman–Crippen LogP) is 4.79. The van der Waals surface area contributed by atoms with E-state index in [0.717, 1.165) is 11.3 Å². The van der Waals surface area contributed by atoms with Crippen molar-refractivity contribution in [2.45, 2.75) is 19.1 Å². The minimum absolute atomic E-state index is 0.308. The number of rotatable bonds is 5. The van der Waals surface area contributed by atoms with E-state index in [-0.39, 0.29) is 11.8 Å². The Bertz CT molecular complexity index is 1150. The molecule has 3 aromatic rings. The maximum Gasteiger partial charge on any atom is 0.266 e. The number of fused-ring (bicyclic) bond motifs is 1. The summed E-state index contributed by atoms with van der Waals surface area (Å²) < 4.78 is 5.86. The van der Waals surface area contributed by atoms with Gasteiger partial charge in [-0.3, -0.25) is 14.4 Å². The molecule has 5 rings (SSSR count). The molecule has 2 aliphatic heterocycles. The van der Waals surface area contributed by atoms with Crippen LogP contribution in [0.2, 0.25) is 5.02 Å². The van der Waals surface area contributed by atoms with Crippen LogP contribution >= 0.6 is 11.6 Å². The number of carbonyl (C=O) groups is 2. The van der Waals surface area contributed by atoms with E-state index >= 15 is 0 Å². The van der Waals surface area contributed by atoms with Crippen LogP contribution in [0.3, 0.4) is 0 Å². The SMILES string of the molecule is CCOc1ccccc1[C@H]1[C@H]2C(=O)N(c3ccc(Cl)cc3)C(=O)[C@H]2ON1c1ccccc1. The highest BCUT2D eigenvalue weighted by atomic mass is 35.5. The Morgan fingerprint density at radius 3 is 2.28 bits per heavy atom. The van der Waals surface area contributed by atoms with Gasteiger partial charge in [0.05, 0.1) is 24.0 Å². The number of amides is 2. The lowest BCUT2D eigenvalue weighted by molar-refractivity contribution is -0.126. The first kappa shape index (κ1) is 20.5. The number of hydrogen-bond donors (Lipinski definition) is 0. The molecular formula is C25H21ClN2O4. The van der Waals surface area contributed by atoms with Crippen LogP contribution in [-0.4, -0.2) is 24.5 Å². The van der Waals surface area contributed by atoms with Crippen LogP contribution in [0.15, 0.2) is 78.9 Å². The molecule has 0 radical (unpaired) electrons. The molecule has 2 amide bonds. The van der Waals surface area contributed by atoms with Gasteiger partial charge in [0.2, 0.25) is 5.91 Å². The van der Waals surface area contributed by atoms with Crippen LogP contribution in [0.5, 0.6) is 5.75 Å². The average Bonchev–Trinajstić information content (AvgIpc) is 3.32. The molecule has 2 aliphatic rings. The summed E-state index contributed by atoms with van der Waals surface area (Å²) >= 11 is 5.99. The Kier molecular flexibility index (Phi) is 5.33. The van der Waals surface area contributed by atoms with Gasteiger partial charge in [0.15, 0.2) is 6.10 Å². The zero-order valence-corrected chi connectivity index (χ0v) is 18.1. The van der Waals surface area contributed by atoms with Crippen molar-refractivity contribution in [3.63, 3.8) is 0 Å². The molecule has 2 saturated heterocycles. The van der Waals surface area contributed by atoms with E-state index in [1.807, 2.05) is 61.5 Å². The minimum Gasteiger partial charge on any atom is -0.494 e. The molecule has 0 saturated carbocycles. The van der Waals surface area contributed by atoms with Gasteiger partial charge in [-0.1, -0.05) is 48.0 Å². The second kappa shape index (κ2) is 8.30. The molecule has 3 atom stereocenters. The molecule has 7 heteroatoms. The van der Waals surface area contributed by atoms with Crippen LogP contribution in [-0.2, 0) is 14.4 Å². The zero-order chi connectivity index (χ0) is 22.2. The molecule has 0 aliphatic carbocycles. The fourth-order valence-electron chi connectivity index (χ4n) is 4.39. The van der Waals surface area contributed by atoms with Crippen LogP contribution in [0.4, 0.5) is 11.4 Å². The molecule has 6 nitrogen and oxygen atoms in total. The number of halogens is 1. The molecule has 0 spiro atoms. The van der Waals surface area contributed by atoms with E-state index in [1.165, 1.54) is 4.90 Å². The second-order valence-electron chi connectivity index (χ2n) is 7.62. The van der Waals surface area contributed by atoms with E-state index in [9.17, 15) is 9.59 Å². The third-order valence-electron chi connectivity index (χ3n) is 5.75. The molecule has 0 N–H and O–H groups in total. The topological polar surface area (TPSA) is 59.1 Å². The van der Waals surface area contributed by atoms with Crippen LogP contribution in [0, 0.1) is 5.92 Å². The van der Waals surface area contributed by atoms with Crippen molar-refractivity contribution in [3.8, 4) is 5.75 Å². The van der Waals surface area contributed by atoms with E-state index in [2.05, 4.69) is 0 Å². The third kappa shape index (κ3) is 3.32. The lowest BCUT2D eigenvalue weighted by atomic mass is 9.90. The average molecular weight is 449 g/mol. The first-order valence-corrected chi connectivity index (χ1v) is 10.8. The molecule has 0 unspecified atom stereocenters. The number of imide groups is 1. The lowest BCUT2D eigenvalue weighted by Crippen LogP contribution is -2.37. The van der Waals surface area contributed by atoms with Crippen LogP contribution in [0.25, 0.3) is 0 Å². The van der Waals surface area contributed by atoms with Crippen LogP contribution < -0.4 is 14.7 Å². The molecule has 2 heterocycles. The highest BCUT2D eigenvalue weighted by molar-refractivity contribution is 6.31. The summed E-state index contributed by atoms with van der Waals surface area (Å²) in [5.41, 5.74) is 2.03. The van der Waals surface area contributed by atoms with Crippen molar-refractivity contribution in [1.82, 2.24) is 0 Å². The van der Waals surface area contributed by atoms with E-state index < -0.39 is 18.1 Å². The Morgan fingerprint density at radius 1 is 0.875 bits per heavy atom. The van der Waals surface area contributed by atoms with Crippen molar-refractivity contribution in [1.29, 1.82) is 0 Å². The summed E-state index contributed by atoms with van der Waals surface area (Å²) in [6.45, 7) is 2.39. The number of anilines is 2. The van der Waals surface area contributed by atoms with Gasteiger partial charge >= 0.3 is 0 Å². The van der Waals surface area contributed by atoms with Gasteiger partial charge in [0.1, 0.15) is 11.7 Å². The monoisotopic (exact) mass is 448 g/mol. The van der Waals surface area contributed by atoms with Crippen molar-refractivity contribution in [2.75, 3.05) is 16.6 Å². The van der Waals surface area contributed by atoms with Crippen molar-refractivity contribution in [3.05, 3.63) is 89.4 Å². The first-order chi connectivity index (χ1) is 15.6. The fraction of sp³-hybridized carbons (Fsp3) is 0.200. The Morgan fingerprint density at radius 2 is 1.56 bits per heavy atom. The molecule has 162 valence electrons. The summed E-state index contributed by atoms with van der Waals surface area (Å²) in [6, 6.07) is 23.2. The summed E-state index contributed by atoms with van der Waals surface area (Å²) in [4.78, 5) is 34.3. The van der Waals surface area contributed by atoms with Crippen molar-refractivity contribution < 1.29 is 19.2 Å². The highest BCUT2D eigenvalue weighted by Crippen LogP contribution is 2.49. The zero-order valence-electron chi connectivity index (χ0n) is 17.4. The molecule has 2 fully saturated rings. The Hall–Kier alpha value is -3.35. The number of hydroxylamine groups is 1. The van der Waals surface area contributed by atoms with E-state index in [4.69, 9.17) is 21.2 Å².